The summed E-state index contributed by atoms with van der Waals surface area (Å²) in [5, 5.41) is 24.0. The van der Waals surface area contributed by atoms with Gasteiger partial charge in [-0.3, -0.25) is 15.5 Å². The number of hydrogen-bond acceptors (Lipinski definition) is 5. The Balaban J connectivity index is 2.04. The van der Waals surface area contributed by atoms with Crippen LogP contribution in [0.5, 0.6) is 0 Å². The summed E-state index contributed by atoms with van der Waals surface area (Å²) in [5.41, 5.74) is 0.937. The average molecular weight is 284 g/mol. The standard InChI is InChI=1S/C11H16N4O3S/c1-5-6(4-7(17)13-2-3-16)19-10-8(5)9(12)14-11(18)15-10/h8,10,16H,2-4H2,1H3,(H,13,17)(H3,12,14,15,18). The zero-order valence-electron chi connectivity index (χ0n) is 10.4. The van der Waals surface area contributed by atoms with Crippen molar-refractivity contribution in [3.8, 4) is 0 Å². The maximum absolute atomic E-state index is 11.6. The number of rotatable bonds is 4. The lowest BCUT2D eigenvalue weighted by molar-refractivity contribution is -0.120. The summed E-state index contributed by atoms with van der Waals surface area (Å²) in [4.78, 5) is 23.8. The van der Waals surface area contributed by atoms with E-state index in [9.17, 15) is 9.59 Å². The van der Waals surface area contributed by atoms with Gasteiger partial charge in [0.25, 0.3) is 0 Å². The molecule has 3 amide bonds. The maximum Gasteiger partial charge on any atom is 0.321 e. The van der Waals surface area contributed by atoms with Gasteiger partial charge in [0.05, 0.1) is 24.3 Å². The molecule has 0 aliphatic carbocycles. The number of amides is 3. The molecule has 19 heavy (non-hydrogen) atoms. The fraction of sp³-hybridized carbons (Fsp3) is 0.545. The molecular weight excluding hydrogens is 268 g/mol. The van der Waals surface area contributed by atoms with E-state index in [0.717, 1.165) is 10.5 Å². The van der Waals surface area contributed by atoms with E-state index in [2.05, 4.69) is 16.0 Å². The van der Waals surface area contributed by atoms with Gasteiger partial charge in [0.15, 0.2) is 0 Å². The first-order chi connectivity index (χ1) is 9.02. The number of thioether (sulfide) groups is 1. The molecule has 2 rings (SSSR count). The highest BCUT2D eigenvalue weighted by Crippen LogP contribution is 2.43. The van der Waals surface area contributed by atoms with E-state index in [1.54, 1.807) is 0 Å². The fourth-order valence-electron chi connectivity index (χ4n) is 2.15. The van der Waals surface area contributed by atoms with Crippen molar-refractivity contribution >= 4 is 29.5 Å². The van der Waals surface area contributed by atoms with Gasteiger partial charge in [0.2, 0.25) is 5.91 Å². The van der Waals surface area contributed by atoms with E-state index in [4.69, 9.17) is 10.5 Å². The minimum atomic E-state index is -0.377. The minimum absolute atomic E-state index is 0.0905. The normalized spacial score (nSPS) is 25.8. The van der Waals surface area contributed by atoms with Gasteiger partial charge in [-0.1, -0.05) is 0 Å². The fourth-order valence-corrected chi connectivity index (χ4v) is 3.62. The number of nitrogens with one attached hydrogen (secondary N) is 4. The van der Waals surface area contributed by atoms with E-state index >= 15 is 0 Å². The molecule has 0 aromatic rings. The Morgan fingerprint density at radius 3 is 3.00 bits per heavy atom. The monoisotopic (exact) mass is 284 g/mol. The van der Waals surface area contributed by atoms with Crippen LogP contribution in [-0.4, -0.2) is 41.4 Å². The molecule has 8 heteroatoms. The third-order valence-corrected chi connectivity index (χ3v) is 4.46. The molecule has 1 saturated heterocycles. The lowest BCUT2D eigenvalue weighted by atomic mass is 9.96. The van der Waals surface area contributed by atoms with Gasteiger partial charge in [-0.2, -0.15) is 0 Å². The Morgan fingerprint density at radius 2 is 2.32 bits per heavy atom. The van der Waals surface area contributed by atoms with Crippen molar-refractivity contribution in [3.63, 3.8) is 0 Å². The van der Waals surface area contributed by atoms with Crippen molar-refractivity contribution in [1.29, 1.82) is 5.41 Å². The molecule has 2 aliphatic heterocycles. The SMILES string of the molecule is CC1=C(CC(=O)NCCO)SC2NC(=O)NC(=N)C12. The molecule has 2 heterocycles. The van der Waals surface area contributed by atoms with Crippen LogP contribution in [0.4, 0.5) is 4.79 Å². The molecule has 0 aromatic heterocycles. The Kier molecular flexibility index (Phi) is 4.11. The van der Waals surface area contributed by atoms with Gasteiger partial charge in [-0.15, -0.1) is 11.8 Å². The van der Waals surface area contributed by atoms with Gasteiger partial charge >= 0.3 is 6.03 Å². The third-order valence-electron chi connectivity index (χ3n) is 3.07. The lowest BCUT2D eigenvalue weighted by Crippen LogP contribution is -2.55. The first-order valence-electron chi connectivity index (χ1n) is 5.92. The molecule has 104 valence electrons. The first-order valence-corrected chi connectivity index (χ1v) is 6.80. The van der Waals surface area contributed by atoms with Crippen molar-refractivity contribution in [1.82, 2.24) is 16.0 Å². The van der Waals surface area contributed by atoms with Crippen molar-refractivity contribution < 1.29 is 14.7 Å². The average Bonchev–Trinajstić information content (AvgIpc) is 2.63. The predicted molar refractivity (Wildman–Crippen MR) is 71.7 cm³/mol. The van der Waals surface area contributed by atoms with Gasteiger partial charge in [-0.25, -0.2) is 4.79 Å². The summed E-state index contributed by atoms with van der Waals surface area (Å²) >= 11 is 1.42. The highest BCUT2D eigenvalue weighted by atomic mass is 32.2. The van der Waals surface area contributed by atoms with Crippen LogP contribution in [0.2, 0.25) is 0 Å². The molecule has 0 spiro atoms. The number of hydrogen-bond donors (Lipinski definition) is 5. The van der Waals surface area contributed by atoms with Crippen LogP contribution in [-0.2, 0) is 4.79 Å². The van der Waals surface area contributed by atoms with Crippen LogP contribution >= 0.6 is 11.8 Å². The van der Waals surface area contributed by atoms with Crippen molar-refractivity contribution in [3.05, 3.63) is 10.5 Å². The molecule has 0 aromatic carbocycles. The van der Waals surface area contributed by atoms with Crippen molar-refractivity contribution in [2.24, 2.45) is 5.92 Å². The van der Waals surface area contributed by atoms with Gasteiger partial charge in [0, 0.05) is 6.54 Å². The zero-order valence-corrected chi connectivity index (χ0v) is 11.3. The molecule has 0 radical (unpaired) electrons. The molecule has 1 fully saturated rings. The van der Waals surface area contributed by atoms with Crippen LogP contribution in [0, 0.1) is 11.3 Å². The van der Waals surface area contributed by atoms with E-state index in [0.29, 0.717) is 0 Å². The van der Waals surface area contributed by atoms with E-state index < -0.39 is 0 Å². The van der Waals surface area contributed by atoms with E-state index in [-0.39, 0.29) is 48.6 Å². The highest BCUT2D eigenvalue weighted by Gasteiger charge is 2.41. The Bertz CT molecular complexity index is 463. The number of aliphatic hydroxyl groups excluding tert-OH is 1. The smallest absolute Gasteiger partial charge is 0.321 e. The quantitative estimate of drug-likeness (QED) is 0.489. The molecule has 2 unspecified atom stereocenters. The molecule has 5 N–H and O–H groups in total. The lowest BCUT2D eigenvalue weighted by Gasteiger charge is -2.28. The Morgan fingerprint density at radius 1 is 1.58 bits per heavy atom. The Hall–Kier alpha value is -1.54. The van der Waals surface area contributed by atoms with Crippen molar-refractivity contribution in [2.45, 2.75) is 18.7 Å². The van der Waals surface area contributed by atoms with Crippen LogP contribution in [0.3, 0.4) is 0 Å². The van der Waals surface area contributed by atoms with Crippen molar-refractivity contribution in [2.75, 3.05) is 13.2 Å². The van der Waals surface area contributed by atoms with E-state index in [1.165, 1.54) is 11.8 Å². The second kappa shape index (κ2) is 5.62. The van der Waals surface area contributed by atoms with Gasteiger partial charge in [0.1, 0.15) is 5.84 Å². The second-order valence-corrected chi connectivity index (χ2v) is 5.62. The van der Waals surface area contributed by atoms with Gasteiger partial charge < -0.3 is 15.7 Å². The zero-order chi connectivity index (χ0) is 14.0. The Labute approximate surface area is 114 Å². The topological polar surface area (TPSA) is 114 Å². The molecule has 0 saturated carbocycles. The third kappa shape index (κ3) is 2.90. The summed E-state index contributed by atoms with van der Waals surface area (Å²) in [6.07, 6.45) is 0.215. The number of carbonyl (C=O) groups is 2. The van der Waals surface area contributed by atoms with E-state index in [1.807, 2.05) is 6.92 Å². The summed E-state index contributed by atoms with van der Waals surface area (Å²) in [6, 6.07) is -0.377. The predicted octanol–water partition coefficient (Wildman–Crippen LogP) is -0.262. The van der Waals surface area contributed by atoms with Crippen LogP contribution < -0.4 is 16.0 Å². The number of fused-ring (bicyclic) bond motifs is 1. The summed E-state index contributed by atoms with van der Waals surface area (Å²) < 4.78 is 0. The number of urea groups is 1. The maximum atomic E-state index is 11.6. The van der Waals surface area contributed by atoms with Crippen LogP contribution in [0.25, 0.3) is 0 Å². The first kappa shape index (κ1) is 13.9. The van der Waals surface area contributed by atoms with Crippen LogP contribution in [0.15, 0.2) is 10.5 Å². The molecule has 2 aliphatic rings. The van der Waals surface area contributed by atoms with Crippen LogP contribution in [0.1, 0.15) is 13.3 Å². The summed E-state index contributed by atoms with van der Waals surface area (Å²) in [7, 11) is 0. The highest BCUT2D eigenvalue weighted by molar-refractivity contribution is 8.04. The molecule has 0 bridgehead atoms. The second-order valence-electron chi connectivity index (χ2n) is 4.38. The number of aliphatic hydroxyl groups is 1. The molecule has 7 nitrogen and oxygen atoms in total. The largest absolute Gasteiger partial charge is 0.395 e. The summed E-state index contributed by atoms with van der Waals surface area (Å²) in [5.74, 6) is -0.187. The molecule has 2 atom stereocenters. The number of amidine groups is 1. The minimum Gasteiger partial charge on any atom is -0.395 e. The molecular formula is C11H16N4O3S. The van der Waals surface area contributed by atoms with Gasteiger partial charge in [-0.05, 0) is 17.4 Å². The number of carbonyl (C=O) groups excluding carboxylic acids is 2. The summed E-state index contributed by atoms with van der Waals surface area (Å²) in [6.45, 7) is 2.02.